The van der Waals surface area contributed by atoms with Crippen molar-refractivity contribution >= 4 is 43.8 Å². The molecule has 0 aliphatic heterocycles. The lowest BCUT2D eigenvalue weighted by Crippen LogP contribution is -1.98. The SMILES string of the molecule is COc1cc(Br)c(C=O)cc1OCc1nc2ccccc2s1. The maximum atomic E-state index is 11.0. The van der Waals surface area contributed by atoms with Gasteiger partial charge in [0.25, 0.3) is 0 Å². The smallest absolute Gasteiger partial charge is 0.162 e. The average molecular weight is 378 g/mol. The number of rotatable bonds is 5. The Morgan fingerprint density at radius 3 is 2.82 bits per heavy atom. The summed E-state index contributed by atoms with van der Waals surface area (Å²) in [5.41, 5.74) is 1.47. The van der Waals surface area contributed by atoms with Gasteiger partial charge in [-0.3, -0.25) is 4.79 Å². The van der Waals surface area contributed by atoms with Crippen molar-refractivity contribution in [2.75, 3.05) is 7.11 Å². The summed E-state index contributed by atoms with van der Waals surface area (Å²) in [5.74, 6) is 1.09. The second-order valence-electron chi connectivity index (χ2n) is 4.51. The van der Waals surface area contributed by atoms with E-state index in [2.05, 4.69) is 20.9 Å². The van der Waals surface area contributed by atoms with Gasteiger partial charge in [-0.1, -0.05) is 12.1 Å². The second kappa shape index (κ2) is 6.46. The number of para-hydroxylation sites is 1. The number of carbonyl (C=O) groups excluding carboxylic acids is 1. The topological polar surface area (TPSA) is 48.4 Å². The third-order valence-electron chi connectivity index (χ3n) is 3.10. The quantitative estimate of drug-likeness (QED) is 0.615. The number of nitrogens with zero attached hydrogens (tertiary/aromatic N) is 1. The molecule has 2 aromatic carbocycles. The van der Waals surface area contributed by atoms with Crippen LogP contribution in [0, 0.1) is 0 Å². The Balaban J connectivity index is 1.84. The first-order valence-corrected chi connectivity index (χ1v) is 8.12. The molecule has 0 unspecified atom stereocenters. The maximum Gasteiger partial charge on any atom is 0.162 e. The van der Waals surface area contributed by atoms with Crippen LogP contribution in [0.15, 0.2) is 40.9 Å². The second-order valence-corrected chi connectivity index (χ2v) is 6.48. The van der Waals surface area contributed by atoms with Crippen LogP contribution in [0.3, 0.4) is 0 Å². The zero-order chi connectivity index (χ0) is 15.5. The van der Waals surface area contributed by atoms with E-state index in [9.17, 15) is 4.79 Å². The fraction of sp³-hybridized carbons (Fsp3) is 0.125. The van der Waals surface area contributed by atoms with Crippen molar-refractivity contribution in [3.8, 4) is 11.5 Å². The van der Waals surface area contributed by atoms with E-state index < -0.39 is 0 Å². The molecule has 0 saturated carbocycles. The summed E-state index contributed by atoms with van der Waals surface area (Å²) in [6.07, 6.45) is 0.772. The fourth-order valence-corrected chi connectivity index (χ4v) is 3.33. The summed E-state index contributed by atoms with van der Waals surface area (Å²) in [4.78, 5) is 15.6. The molecule has 3 aromatic rings. The average Bonchev–Trinajstić information content (AvgIpc) is 2.96. The molecule has 0 atom stereocenters. The zero-order valence-corrected chi connectivity index (χ0v) is 14.1. The van der Waals surface area contributed by atoms with Gasteiger partial charge < -0.3 is 9.47 Å². The summed E-state index contributed by atoms with van der Waals surface area (Å²) in [7, 11) is 1.56. The number of carbonyl (C=O) groups is 1. The van der Waals surface area contributed by atoms with Crippen molar-refractivity contribution in [2.45, 2.75) is 6.61 Å². The van der Waals surface area contributed by atoms with Gasteiger partial charge in [0.1, 0.15) is 11.6 Å². The van der Waals surface area contributed by atoms with Gasteiger partial charge in [0.05, 0.1) is 17.3 Å². The number of benzene rings is 2. The van der Waals surface area contributed by atoms with Crippen LogP contribution in [0.5, 0.6) is 11.5 Å². The highest BCUT2D eigenvalue weighted by molar-refractivity contribution is 9.10. The number of methoxy groups -OCH3 is 1. The summed E-state index contributed by atoms with van der Waals surface area (Å²) in [6, 6.07) is 11.3. The molecule has 112 valence electrons. The molecule has 0 bridgehead atoms. The van der Waals surface area contributed by atoms with E-state index in [1.54, 1.807) is 30.6 Å². The van der Waals surface area contributed by atoms with E-state index in [1.165, 1.54) is 0 Å². The third kappa shape index (κ3) is 2.98. The molecule has 1 aromatic heterocycles. The molecule has 0 aliphatic carbocycles. The van der Waals surface area contributed by atoms with Crippen molar-refractivity contribution in [1.82, 2.24) is 4.98 Å². The van der Waals surface area contributed by atoms with Crippen LogP contribution in [-0.2, 0) is 6.61 Å². The van der Waals surface area contributed by atoms with Crippen molar-refractivity contribution in [2.24, 2.45) is 0 Å². The molecule has 22 heavy (non-hydrogen) atoms. The van der Waals surface area contributed by atoms with E-state index in [1.807, 2.05) is 24.3 Å². The van der Waals surface area contributed by atoms with Crippen LogP contribution in [0.4, 0.5) is 0 Å². The first-order chi connectivity index (χ1) is 10.7. The Morgan fingerprint density at radius 2 is 2.09 bits per heavy atom. The molecule has 0 N–H and O–H groups in total. The van der Waals surface area contributed by atoms with Crippen LogP contribution in [0.2, 0.25) is 0 Å². The Bertz CT molecular complexity index is 798. The van der Waals surface area contributed by atoms with Gasteiger partial charge in [-0.2, -0.15) is 0 Å². The third-order valence-corrected chi connectivity index (χ3v) is 4.80. The van der Waals surface area contributed by atoms with Crippen molar-refractivity contribution in [3.63, 3.8) is 0 Å². The number of hydrogen-bond acceptors (Lipinski definition) is 5. The highest BCUT2D eigenvalue weighted by Crippen LogP contribution is 2.34. The standard InChI is InChI=1S/C16H12BrNO3S/c1-20-13-7-11(17)10(8-19)6-14(13)21-9-16-18-12-4-2-3-5-15(12)22-16/h2-8H,9H2,1H3. The predicted octanol–water partition coefficient (Wildman–Crippen LogP) is 4.46. The van der Waals surface area contributed by atoms with Crippen LogP contribution < -0.4 is 9.47 Å². The van der Waals surface area contributed by atoms with Gasteiger partial charge in [0, 0.05) is 10.0 Å². The van der Waals surface area contributed by atoms with Gasteiger partial charge >= 0.3 is 0 Å². The molecule has 3 rings (SSSR count). The number of aldehydes is 1. The van der Waals surface area contributed by atoms with E-state index in [-0.39, 0.29) is 0 Å². The minimum Gasteiger partial charge on any atom is -0.493 e. The van der Waals surface area contributed by atoms with Gasteiger partial charge in [-0.05, 0) is 40.2 Å². The van der Waals surface area contributed by atoms with Crippen LogP contribution in [0.1, 0.15) is 15.4 Å². The van der Waals surface area contributed by atoms with Crippen molar-refractivity contribution < 1.29 is 14.3 Å². The zero-order valence-electron chi connectivity index (χ0n) is 11.7. The van der Waals surface area contributed by atoms with Crippen molar-refractivity contribution in [3.05, 3.63) is 51.4 Å². The van der Waals surface area contributed by atoms with E-state index >= 15 is 0 Å². The number of halogens is 1. The lowest BCUT2D eigenvalue weighted by Gasteiger charge is -2.11. The molecule has 1 heterocycles. The van der Waals surface area contributed by atoms with Crippen LogP contribution in [-0.4, -0.2) is 18.4 Å². The molecule has 4 nitrogen and oxygen atoms in total. The lowest BCUT2D eigenvalue weighted by molar-refractivity contribution is 0.112. The molecule has 0 saturated heterocycles. The number of aromatic nitrogens is 1. The van der Waals surface area contributed by atoms with Crippen LogP contribution in [0.25, 0.3) is 10.2 Å². The Kier molecular flexibility index (Phi) is 4.40. The van der Waals surface area contributed by atoms with E-state index in [0.29, 0.717) is 28.1 Å². The molecule has 6 heteroatoms. The normalized spacial score (nSPS) is 10.6. The Hall–Kier alpha value is -1.92. The van der Waals surface area contributed by atoms with Gasteiger partial charge in [0.15, 0.2) is 17.8 Å². The van der Waals surface area contributed by atoms with Gasteiger partial charge in [0.2, 0.25) is 0 Å². The number of thiazole rings is 1. The minimum absolute atomic E-state index is 0.329. The molecule has 0 radical (unpaired) electrons. The number of fused-ring (bicyclic) bond motifs is 1. The van der Waals surface area contributed by atoms with E-state index in [0.717, 1.165) is 21.5 Å². The van der Waals surface area contributed by atoms with E-state index in [4.69, 9.17) is 9.47 Å². The summed E-state index contributed by atoms with van der Waals surface area (Å²) < 4.78 is 12.9. The molecular formula is C16H12BrNO3S. The number of hydrogen-bond donors (Lipinski definition) is 0. The monoisotopic (exact) mass is 377 g/mol. The summed E-state index contributed by atoms with van der Waals surface area (Å²) in [5, 5.41) is 0.874. The van der Waals surface area contributed by atoms with Crippen molar-refractivity contribution in [1.29, 1.82) is 0 Å². The predicted molar refractivity (Wildman–Crippen MR) is 90.0 cm³/mol. The lowest BCUT2D eigenvalue weighted by atomic mass is 10.2. The van der Waals surface area contributed by atoms with Gasteiger partial charge in [-0.25, -0.2) is 4.98 Å². The van der Waals surface area contributed by atoms with Crippen LogP contribution >= 0.6 is 27.3 Å². The maximum absolute atomic E-state index is 11.0. The molecule has 0 spiro atoms. The summed E-state index contributed by atoms with van der Waals surface area (Å²) >= 11 is 4.91. The molecule has 0 aliphatic rings. The minimum atomic E-state index is 0.329. The highest BCUT2D eigenvalue weighted by atomic mass is 79.9. The first-order valence-electron chi connectivity index (χ1n) is 6.51. The van der Waals surface area contributed by atoms with Gasteiger partial charge in [-0.15, -0.1) is 11.3 Å². The highest BCUT2D eigenvalue weighted by Gasteiger charge is 2.11. The number of ether oxygens (including phenoxy) is 2. The Morgan fingerprint density at radius 1 is 1.27 bits per heavy atom. The summed E-state index contributed by atoms with van der Waals surface area (Å²) in [6.45, 7) is 0.329. The first kappa shape index (κ1) is 15.0. The Labute approximate surface area is 139 Å². The largest absolute Gasteiger partial charge is 0.493 e. The molecule has 0 fully saturated rings. The fourth-order valence-electron chi connectivity index (χ4n) is 2.03. The molecular weight excluding hydrogens is 366 g/mol. The molecule has 0 amide bonds.